The van der Waals surface area contributed by atoms with Crippen LogP contribution in [0.3, 0.4) is 0 Å². The lowest BCUT2D eigenvalue weighted by Gasteiger charge is -2.34. The van der Waals surface area contributed by atoms with E-state index in [0.29, 0.717) is 4.47 Å². The van der Waals surface area contributed by atoms with Crippen molar-refractivity contribution in [3.8, 4) is 22.6 Å². The second-order valence-electron chi connectivity index (χ2n) is 7.17. The van der Waals surface area contributed by atoms with Gasteiger partial charge in [-0.05, 0) is 96.2 Å². The Morgan fingerprint density at radius 1 is 0.655 bits per heavy atom. The predicted octanol–water partition coefficient (Wildman–Crippen LogP) is 6.83. The third kappa shape index (κ3) is 2.66. The largest absolute Gasteiger partial charge is 0.507 e. The highest BCUT2D eigenvalue weighted by Gasteiger charge is 2.46. The van der Waals surface area contributed by atoms with Crippen molar-refractivity contribution < 1.29 is 10.2 Å². The van der Waals surface area contributed by atoms with Crippen molar-refractivity contribution in [2.24, 2.45) is 0 Å². The van der Waals surface area contributed by atoms with Crippen LogP contribution in [0, 0.1) is 3.57 Å². The normalized spacial score (nSPS) is 13.7. The Kier molecular flexibility index (Phi) is 4.44. The van der Waals surface area contributed by atoms with Crippen LogP contribution in [-0.4, -0.2) is 10.2 Å². The smallest absolute Gasteiger partial charge is 0.129 e. The molecular weight excluding hydrogens is 539 g/mol. The Bertz CT molecular complexity index is 1170. The van der Waals surface area contributed by atoms with E-state index in [-0.39, 0.29) is 11.5 Å². The van der Waals surface area contributed by atoms with Crippen molar-refractivity contribution in [1.29, 1.82) is 0 Å². The number of phenols is 2. The van der Waals surface area contributed by atoms with Crippen molar-refractivity contribution >= 4 is 38.5 Å². The molecule has 2 nitrogen and oxygen atoms in total. The van der Waals surface area contributed by atoms with E-state index in [0.717, 1.165) is 14.7 Å². The van der Waals surface area contributed by atoms with Crippen molar-refractivity contribution in [2.75, 3.05) is 0 Å². The number of fused-ring (bicyclic) bond motifs is 3. The Morgan fingerprint density at radius 2 is 1.17 bits per heavy atom. The number of hydrogen-bond donors (Lipinski definition) is 2. The third-order valence-corrected chi connectivity index (χ3v) is 7.21. The maximum absolute atomic E-state index is 10.2. The van der Waals surface area contributed by atoms with Gasteiger partial charge in [-0.15, -0.1) is 0 Å². The summed E-state index contributed by atoms with van der Waals surface area (Å²) in [6.07, 6.45) is 0. The first-order valence-corrected chi connectivity index (χ1v) is 11.1. The maximum Gasteiger partial charge on any atom is 0.129 e. The van der Waals surface area contributed by atoms with Crippen LogP contribution in [0.15, 0.2) is 89.4 Å². The first kappa shape index (κ1) is 18.7. The molecule has 4 heteroatoms. The van der Waals surface area contributed by atoms with Gasteiger partial charge in [0.05, 0.1) is 13.5 Å². The second-order valence-corrected chi connectivity index (χ2v) is 9.19. The van der Waals surface area contributed by atoms with E-state index in [2.05, 4.69) is 93.1 Å². The van der Waals surface area contributed by atoms with Gasteiger partial charge in [0, 0.05) is 0 Å². The van der Waals surface area contributed by atoms with Gasteiger partial charge in [0.15, 0.2) is 0 Å². The second kappa shape index (κ2) is 6.89. The van der Waals surface area contributed by atoms with Crippen LogP contribution in [0.1, 0.15) is 22.3 Å². The summed E-state index contributed by atoms with van der Waals surface area (Å²) in [5.41, 5.74) is 6.39. The van der Waals surface area contributed by atoms with Crippen molar-refractivity contribution in [3.63, 3.8) is 0 Å². The van der Waals surface area contributed by atoms with Crippen LogP contribution < -0.4 is 0 Å². The summed E-state index contributed by atoms with van der Waals surface area (Å²) in [4.78, 5) is 0. The van der Waals surface area contributed by atoms with E-state index in [1.54, 1.807) is 12.1 Å². The summed E-state index contributed by atoms with van der Waals surface area (Å²) in [7, 11) is 0. The van der Waals surface area contributed by atoms with Gasteiger partial charge in [-0.3, -0.25) is 0 Å². The van der Waals surface area contributed by atoms with Crippen LogP contribution in [-0.2, 0) is 5.41 Å². The van der Waals surface area contributed by atoms with Crippen molar-refractivity contribution in [2.45, 2.75) is 5.41 Å². The fourth-order valence-corrected chi connectivity index (χ4v) is 5.40. The van der Waals surface area contributed by atoms with Crippen LogP contribution in [0.5, 0.6) is 11.5 Å². The molecule has 1 aliphatic carbocycles. The summed E-state index contributed by atoms with van der Waals surface area (Å²) in [6.45, 7) is 0. The van der Waals surface area contributed by atoms with Gasteiger partial charge in [0.1, 0.15) is 11.5 Å². The first-order valence-electron chi connectivity index (χ1n) is 9.21. The summed E-state index contributed by atoms with van der Waals surface area (Å²) in [5.74, 6) is 0.486. The number of rotatable bonds is 2. The van der Waals surface area contributed by atoms with E-state index in [1.165, 1.54) is 22.3 Å². The Hall–Kier alpha value is -2.31. The van der Waals surface area contributed by atoms with E-state index < -0.39 is 5.41 Å². The highest BCUT2D eigenvalue weighted by molar-refractivity contribution is 14.1. The van der Waals surface area contributed by atoms with Crippen LogP contribution >= 0.6 is 38.5 Å². The Balaban J connectivity index is 1.97. The minimum absolute atomic E-state index is 0.212. The van der Waals surface area contributed by atoms with E-state index >= 15 is 0 Å². The monoisotopic (exact) mass is 554 g/mol. The molecule has 1 aliphatic rings. The van der Waals surface area contributed by atoms with E-state index in [9.17, 15) is 10.2 Å². The van der Waals surface area contributed by atoms with Gasteiger partial charge >= 0.3 is 0 Å². The zero-order valence-corrected chi connectivity index (χ0v) is 19.0. The fourth-order valence-electron chi connectivity index (χ4n) is 4.50. The molecule has 0 aromatic heterocycles. The molecule has 2 N–H and O–H groups in total. The summed E-state index contributed by atoms with van der Waals surface area (Å²) in [6, 6.07) is 28.5. The molecule has 0 aliphatic heterocycles. The molecule has 4 aromatic carbocycles. The lowest BCUT2D eigenvalue weighted by atomic mass is 9.68. The molecule has 0 bridgehead atoms. The Labute approximate surface area is 191 Å². The highest BCUT2D eigenvalue weighted by atomic mass is 127. The van der Waals surface area contributed by atoms with E-state index in [4.69, 9.17) is 0 Å². The molecule has 29 heavy (non-hydrogen) atoms. The molecular formula is C25H16BrIO2. The summed E-state index contributed by atoms with van der Waals surface area (Å²) < 4.78 is 1.46. The molecule has 0 saturated heterocycles. The molecule has 4 aromatic rings. The highest BCUT2D eigenvalue weighted by Crippen LogP contribution is 2.56. The quantitative estimate of drug-likeness (QED) is 0.235. The molecule has 0 saturated carbocycles. The molecule has 0 amide bonds. The van der Waals surface area contributed by atoms with Gasteiger partial charge < -0.3 is 10.2 Å². The van der Waals surface area contributed by atoms with Crippen LogP contribution in [0.2, 0.25) is 0 Å². The van der Waals surface area contributed by atoms with Gasteiger partial charge in [-0.2, -0.15) is 0 Å². The number of benzene rings is 4. The fraction of sp³-hybridized carbons (Fsp3) is 0.0400. The minimum atomic E-state index is -0.545. The molecule has 142 valence electrons. The molecule has 0 atom stereocenters. The van der Waals surface area contributed by atoms with Gasteiger partial charge in [-0.25, -0.2) is 0 Å². The van der Waals surface area contributed by atoms with Gasteiger partial charge in [0.25, 0.3) is 0 Å². The zero-order chi connectivity index (χ0) is 20.2. The van der Waals surface area contributed by atoms with Gasteiger partial charge in [0.2, 0.25) is 0 Å². The molecule has 0 unspecified atom stereocenters. The van der Waals surface area contributed by atoms with Crippen molar-refractivity contribution in [3.05, 3.63) is 115 Å². The predicted molar refractivity (Wildman–Crippen MR) is 127 cm³/mol. The third-order valence-electron chi connectivity index (χ3n) is 5.71. The molecule has 0 radical (unpaired) electrons. The SMILES string of the molecule is Oc1ccc(C2(c3ccc(O)c(I)c3)c3ccccc3-c3ccccc32)cc1Br. The lowest BCUT2D eigenvalue weighted by molar-refractivity contribution is 0.471. The topological polar surface area (TPSA) is 40.5 Å². The Morgan fingerprint density at radius 3 is 1.72 bits per heavy atom. The van der Waals surface area contributed by atoms with Crippen LogP contribution in [0.25, 0.3) is 11.1 Å². The first-order chi connectivity index (χ1) is 14.0. The maximum atomic E-state index is 10.2. The molecule has 0 fully saturated rings. The van der Waals surface area contributed by atoms with Crippen LogP contribution in [0.4, 0.5) is 0 Å². The molecule has 0 heterocycles. The average molecular weight is 555 g/mol. The number of hydrogen-bond acceptors (Lipinski definition) is 2. The number of aromatic hydroxyl groups is 2. The average Bonchev–Trinajstić information content (AvgIpc) is 3.04. The standard InChI is InChI=1S/C25H16BrIO2/c26-21-13-15(9-11-23(21)28)25(16-10-12-24(29)22(27)14-16)19-7-3-1-5-17(19)18-6-2-4-8-20(18)25/h1-14,28-29H. The molecule has 0 spiro atoms. The van der Waals surface area contributed by atoms with E-state index in [1.807, 2.05) is 18.2 Å². The minimum Gasteiger partial charge on any atom is -0.507 e. The number of halogens is 2. The van der Waals surface area contributed by atoms with Gasteiger partial charge in [-0.1, -0.05) is 60.7 Å². The zero-order valence-electron chi connectivity index (χ0n) is 15.2. The van der Waals surface area contributed by atoms with Crippen molar-refractivity contribution in [1.82, 2.24) is 0 Å². The number of phenolic OH excluding ortho intramolecular Hbond substituents is 2. The summed E-state index contributed by atoms with van der Waals surface area (Å²) in [5, 5.41) is 20.3. The summed E-state index contributed by atoms with van der Waals surface area (Å²) >= 11 is 5.68. The lowest BCUT2D eigenvalue weighted by Crippen LogP contribution is -2.28. The molecule has 5 rings (SSSR count).